The molecular formula is C14H19NO2SSi. The summed E-state index contributed by atoms with van der Waals surface area (Å²) in [5, 5.41) is 0.818. The first-order valence-electron chi connectivity index (χ1n) is 6.42. The highest BCUT2D eigenvalue weighted by Crippen LogP contribution is 2.30. The van der Waals surface area contributed by atoms with Crippen LogP contribution >= 0.6 is 11.8 Å². The topological polar surface area (TPSA) is 37.4 Å². The van der Waals surface area contributed by atoms with Gasteiger partial charge in [-0.25, -0.2) is 4.90 Å². The molecule has 102 valence electrons. The molecule has 0 unspecified atom stereocenters. The number of thioether (sulfide) groups is 1. The van der Waals surface area contributed by atoms with Crippen LogP contribution in [0.5, 0.6) is 0 Å². The number of amides is 2. The molecular weight excluding hydrogens is 274 g/mol. The number of carbonyl (C=O) groups excluding carboxylic acids is 2. The molecule has 19 heavy (non-hydrogen) atoms. The molecule has 0 radical (unpaired) electrons. The van der Waals surface area contributed by atoms with E-state index in [4.69, 9.17) is 0 Å². The van der Waals surface area contributed by atoms with Gasteiger partial charge in [-0.05, 0) is 17.5 Å². The van der Waals surface area contributed by atoms with Crippen LogP contribution in [0.4, 0.5) is 5.69 Å². The molecule has 0 N–H and O–H groups in total. The third-order valence-electron chi connectivity index (χ3n) is 2.84. The van der Waals surface area contributed by atoms with Gasteiger partial charge in [0, 0.05) is 6.42 Å². The van der Waals surface area contributed by atoms with Crippen LogP contribution in [0.1, 0.15) is 6.42 Å². The minimum atomic E-state index is -1.20. The minimum Gasteiger partial charge on any atom is -0.274 e. The lowest BCUT2D eigenvalue weighted by Crippen LogP contribution is -2.32. The predicted molar refractivity (Wildman–Crippen MR) is 83.1 cm³/mol. The second-order valence-corrected chi connectivity index (χ2v) is 13.1. The average Bonchev–Trinajstić information content (AvgIpc) is 2.62. The van der Waals surface area contributed by atoms with Crippen LogP contribution in [-0.4, -0.2) is 30.5 Å². The molecule has 1 saturated heterocycles. The molecule has 0 spiro atoms. The van der Waals surface area contributed by atoms with E-state index in [1.54, 1.807) is 23.9 Å². The lowest BCUT2D eigenvalue weighted by molar-refractivity contribution is -0.121. The maximum absolute atomic E-state index is 12.3. The molecule has 1 aromatic rings. The molecule has 1 fully saturated rings. The van der Waals surface area contributed by atoms with E-state index >= 15 is 0 Å². The van der Waals surface area contributed by atoms with Crippen molar-refractivity contribution in [2.75, 3.05) is 10.3 Å². The molecule has 1 aliphatic rings. The zero-order chi connectivity index (χ0) is 14.0. The molecule has 1 atom stereocenters. The maximum Gasteiger partial charge on any atom is 0.247 e. The molecule has 0 aromatic heterocycles. The van der Waals surface area contributed by atoms with Crippen molar-refractivity contribution in [2.24, 2.45) is 0 Å². The third kappa shape index (κ3) is 3.48. The summed E-state index contributed by atoms with van der Waals surface area (Å²) >= 11 is 1.65. The number of hydrogen-bond acceptors (Lipinski definition) is 3. The van der Waals surface area contributed by atoms with Crippen LogP contribution in [0.2, 0.25) is 19.6 Å². The Morgan fingerprint density at radius 2 is 1.84 bits per heavy atom. The Morgan fingerprint density at radius 3 is 2.42 bits per heavy atom. The number of rotatable bonds is 4. The summed E-state index contributed by atoms with van der Waals surface area (Å²) in [4.78, 5) is 25.7. The van der Waals surface area contributed by atoms with Crippen molar-refractivity contribution in [3.63, 3.8) is 0 Å². The zero-order valence-corrected chi connectivity index (χ0v) is 13.4. The lowest BCUT2D eigenvalue weighted by atomic mass is 10.3. The Morgan fingerprint density at radius 1 is 1.21 bits per heavy atom. The number of hydrogen-bond donors (Lipinski definition) is 0. The third-order valence-corrected chi connectivity index (χ3v) is 7.74. The monoisotopic (exact) mass is 293 g/mol. The highest BCUT2D eigenvalue weighted by atomic mass is 32.2. The minimum absolute atomic E-state index is 0.0561. The van der Waals surface area contributed by atoms with E-state index in [0.29, 0.717) is 12.1 Å². The van der Waals surface area contributed by atoms with E-state index in [0.717, 1.165) is 5.38 Å². The van der Waals surface area contributed by atoms with Gasteiger partial charge in [-0.2, -0.15) is 11.8 Å². The Bertz CT molecular complexity index is 484. The van der Waals surface area contributed by atoms with Crippen molar-refractivity contribution in [3.8, 4) is 0 Å². The lowest BCUT2D eigenvalue weighted by Gasteiger charge is -2.18. The fourth-order valence-electron chi connectivity index (χ4n) is 1.93. The van der Waals surface area contributed by atoms with Crippen LogP contribution < -0.4 is 4.90 Å². The van der Waals surface area contributed by atoms with E-state index < -0.39 is 8.07 Å². The molecule has 0 saturated carbocycles. The van der Waals surface area contributed by atoms with E-state index in [1.165, 1.54) is 4.90 Å². The number of imide groups is 1. The zero-order valence-electron chi connectivity index (χ0n) is 11.6. The first-order chi connectivity index (χ1) is 8.88. The van der Waals surface area contributed by atoms with Crippen molar-refractivity contribution in [1.29, 1.82) is 0 Å². The largest absolute Gasteiger partial charge is 0.274 e. The van der Waals surface area contributed by atoms with Gasteiger partial charge >= 0.3 is 0 Å². The second kappa shape index (κ2) is 5.51. The van der Waals surface area contributed by atoms with Crippen molar-refractivity contribution in [1.82, 2.24) is 0 Å². The molecule has 2 amide bonds. The van der Waals surface area contributed by atoms with Crippen LogP contribution in [0, 0.1) is 0 Å². The molecule has 2 rings (SSSR count). The van der Waals surface area contributed by atoms with Gasteiger partial charge in [-0.15, -0.1) is 0 Å². The van der Waals surface area contributed by atoms with Gasteiger partial charge in [0.15, 0.2) is 0 Å². The number of nitrogens with zero attached hydrogens (tertiary/aromatic N) is 1. The maximum atomic E-state index is 12.3. The summed E-state index contributed by atoms with van der Waals surface area (Å²) in [5.74, 6) is -0.135. The van der Waals surface area contributed by atoms with Crippen molar-refractivity contribution < 1.29 is 9.59 Å². The molecule has 3 nitrogen and oxygen atoms in total. The summed E-state index contributed by atoms with van der Waals surface area (Å²) in [6.07, 6.45) is 0.336. The Kier molecular flexibility index (Phi) is 4.15. The summed E-state index contributed by atoms with van der Waals surface area (Å²) in [6, 6.07) is 9.19. The van der Waals surface area contributed by atoms with Gasteiger partial charge in [0.1, 0.15) is 0 Å². The smallest absolute Gasteiger partial charge is 0.247 e. The average molecular weight is 293 g/mol. The Balaban J connectivity index is 2.09. The summed E-state index contributed by atoms with van der Waals surface area (Å²) in [6.45, 7) is 6.82. The Labute approximate surface area is 119 Å². The first kappa shape index (κ1) is 14.3. The van der Waals surface area contributed by atoms with E-state index in [1.807, 2.05) is 18.2 Å². The summed E-state index contributed by atoms with van der Waals surface area (Å²) in [7, 11) is -1.20. The highest BCUT2D eigenvalue weighted by Gasteiger charge is 2.40. The number of para-hydroxylation sites is 1. The molecule has 0 aliphatic carbocycles. The van der Waals surface area contributed by atoms with Gasteiger partial charge < -0.3 is 0 Å². The molecule has 0 bridgehead atoms. The second-order valence-electron chi connectivity index (χ2n) is 5.97. The molecule has 1 aromatic carbocycles. The van der Waals surface area contributed by atoms with Gasteiger partial charge in [-0.1, -0.05) is 37.8 Å². The molecule has 1 aliphatic heterocycles. The van der Waals surface area contributed by atoms with Gasteiger partial charge in [-0.3, -0.25) is 9.59 Å². The molecule has 5 heteroatoms. The van der Waals surface area contributed by atoms with Crippen LogP contribution in [0.25, 0.3) is 0 Å². The predicted octanol–water partition coefficient (Wildman–Crippen LogP) is 2.93. The highest BCUT2D eigenvalue weighted by molar-refractivity contribution is 8.02. The van der Waals surface area contributed by atoms with Crippen LogP contribution in [0.15, 0.2) is 30.3 Å². The number of benzene rings is 1. The summed E-state index contributed by atoms with van der Waals surface area (Å²) < 4.78 is 0. The van der Waals surface area contributed by atoms with E-state index in [-0.39, 0.29) is 17.1 Å². The number of carbonyl (C=O) groups is 2. The van der Waals surface area contributed by atoms with Crippen molar-refractivity contribution in [2.45, 2.75) is 31.3 Å². The SMILES string of the molecule is C[Si](C)(C)CS[C@@H]1CC(=O)N(c2ccccc2)C1=O. The number of anilines is 1. The normalized spacial score (nSPS) is 20.2. The summed E-state index contributed by atoms with van der Waals surface area (Å²) in [5.41, 5.74) is 0.689. The van der Waals surface area contributed by atoms with Crippen molar-refractivity contribution >= 4 is 37.3 Å². The fourth-order valence-corrected chi connectivity index (χ4v) is 5.25. The van der Waals surface area contributed by atoms with Gasteiger partial charge in [0.25, 0.3) is 0 Å². The van der Waals surface area contributed by atoms with E-state index in [2.05, 4.69) is 19.6 Å². The first-order valence-corrected chi connectivity index (χ1v) is 11.2. The fraction of sp³-hybridized carbons (Fsp3) is 0.429. The van der Waals surface area contributed by atoms with Crippen LogP contribution in [-0.2, 0) is 9.59 Å². The van der Waals surface area contributed by atoms with E-state index in [9.17, 15) is 9.59 Å². The van der Waals surface area contributed by atoms with Crippen molar-refractivity contribution in [3.05, 3.63) is 30.3 Å². The molecule has 1 heterocycles. The quantitative estimate of drug-likeness (QED) is 0.633. The standard InChI is InChI=1S/C14H19NO2SSi/c1-19(2,3)10-18-12-9-13(16)15(14(12)17)11-7-5-4-6-8-11/h4-8,12H,9-10H2,1-3H3/t12-/m1/s1. The van der Waals surface area contributed by atoms with Crippen LogP contribution in [0.3, 0.4) is 0 Å². The van der Waals surface area contributed by atoms with Gasteiger partial charge in [0.2, 0.25) is 11.8 Å². The Hall–Kier alpha value is -1.07. The van der Waals surface area contributed by atoms with Gasteiger partial charge in [0.05, 0.1) is 19.0 Å².